The Labute approximate surface area is 101 Å². The van der Waals surface area contributed by atoms with Gasteiger partial charge in [-0.2, -0.15) is 0 Å². The van der Waals surface area contributed by atoms with E-state index >= 15 is 0 Å². The van der Waals surface area contributed by atoms with E-state index in [0.29, 0.717) is 5.41 Å². The summed E-state index contributed by atoms with van der Waals surface area (Å²) in [6.45, 7) is 11.6. The van der Waals surface area contributed by atoms with E-state index in [1.54, 1.807) is 7.11 Å². The first-order chi connectivity index (χ1) is 7.64. The Morgan fingerprint density at radius 1 is 1.19 bits per heavy atom. The smallest absolute Gasteiger partial charge is 0.0474 e. The van der Waals surface area contributed by atoms with Crippen LogP contribution >= 0.6 is 0 Å². The van der Waals surface area contributed by atoms with Gasteiger partial charge in [0.25, 0.3) is 0 Å². The van der Waals surface area contributed by atoms with Crippen molar-refractivity contribution < 1.29 is 4.74 Å². The van der Waals surface area contributed by atoms with Crippen LogP contribution in [-0.4, -0.2) is 51.3 Å². The van der Waals surface area contributed by atoms with Crippen molar-refractivity contribution in [1.29, 1.82) is 0 Å². The molecule has 0 amide bonds. The Bertz CT molecular complexity index is 173. The number of nitrogens with zero attached hydrogens (tertiary/aromatic N) is 1. The van der Waals surface area contributed by atoms with E-state index in [4.69, 9.17) is 4.74 Å². The summed E-state index contributed by atoms with van der Waals surface area (Å²) in [5, 5.41) is 3.47. The summed E-state index contributed by atoms with van der Waals surface area (Å²) in [5.41, 5.74) is 0.572. The van der Waals surface area contributed by atoms with Gasteiger partial charge in [0, 0.05) is 26.8 Å². The lowest BCUT2D eigenvalue weighted by molar-refractivity contribution is 0.133. The van der Waals surface area contributed by atoms with Gasteiger partial charge in [-0.05, 0) is 44.3 Å². The first-order valence-corrected chi connectivity index (χ1v) is 6.56. The molecular formula is C13H28N2O. The predicted molar refractivity (Wildman–Crippen MR) is 68.8 cm³/mol. The Morgan fingerprint density at radius 3 is 2.50 bits per heavy atom. The summed E-state index contributed by atoms with van der Waals surface area (Å²) in [6.07, 6.45) is 3.80. The molecule has 0 radical (unpaired) electrons. The van der Waals surface area contributed by atoms with Crippen LogP contribution in [0.3, 0.4) is 0 Å². The van der Waals surface area contributed by atoms with Crippen LogP contribution < -0.4 is 5.32 Å². The van der Waals surface area contributed by atoms with Gasteiger partial charge in [0.1, 0.15) is 0 Å². The molecule has 0 aromatic carbocycles. The fourth-order valence-electron chi connectivity index (χ4n) is 2.09. The Morgan fingerprint density at radius 2 is 1.88 bits per heavy atom. The standard InChI is InChI=1S/C13H28N2O/c1-13(2)5-9-15(10-6-13)11-8-14-7-4-12-16-3/h14H,4-12H2,1-3H3. The van der Waals surface area contributed by atoms with Crippen LogP contribution in [0.1, 0.15) is 33.1 Å². The largest absolute Gasteiger partial charge is 0.385 e. The van der Waals surface area contributed by atoms with E-state index in [9.17, 15) is 0 Å². The Balaban J connectivity index is 1.94. The lowest BCUT2D eigenvalue weighted by Gasteiger charge is -2.36. The lowest BCUT2D eigenvalue weighted by Crippen LogP contribution is -2.40. The zero-order valence-electron chi connectivity index (χ0n) is 11.2. The van der Waals surface area contributed by atoms with Gasteiger partial charge in [-0.1, -0.05) is 13.8 Å². The molecule has 0 aromatic rings. The molecule has 3 nitrogen and oxygen atoms in total. The van der Waals surface area contributed by atoms with Crippen molar-refractivity contribution in [2.75, 3.05) is 46.4 Å². The molecule has 1 fully saturated rings. The molecule has 1 aliphatic rings. The van der Waals surface area contributed by atoms with Gasteiger partial charge in [-0.3, -0.25) is 0 Å². The molecule has 1 N–H and O–H groups in total. The maximum atomic E-state index is 5.01. The molecule has 0 bridgehead atoms. The third kappa shape index (κ3) is 5.83. The number of likely N-dealkylation sites (tertiary alicyclic amines) is 1. The molecule has 1 saturated heterocycles. The molecule has 3 heteroatoms. The lowest BCUT2D eigenvalue weighted by atomic mass is 9.83. The van der Waals surface area contributed by atoms with Gasteiger partial charge >= 0.3 is 0 Å². The van der Waals surface area contributed by atoms with Crippen LogP contribution in [0.25, 0.3) is 0 Å². The maximum Gasteiger partial charge on any atom is 0.0474 e. The van der Waals surface area contributed by atoms with Crippen LogP contribution in [0.4, 0.5) is 0 Å². The predicted octanol–water partition coefficient (Wildman–Crippen LogP) is 1.73. The van der Waals surface area contributed by atoms with E-state index in [0.717, 1.165) is 26.1 Å². The van der Waals surface area contributed by atoms with E-state index in [1.165, 1.54) is 32.5 Å². The van der Waals surface area contributed by atoms with Gasteiger partial charge in [0.2, 0.25) is 0 Å². The summed E-state index contributed by atoms with van der Waals surface area (Å²) in [7, 11) is 1.76. The number of ether oxygens (including phenoxy) is 1. The molecular weight excluding hydrogens is 200 g/mol. The van der Waals surface area contributed by atoms with E-state index in [-0.39, 0.29) is 0 Å². The number of hydrogen-bond donors (Lipinski definition) is 1. The summed E-state index contributed by atoms with van der Waals surface area (Å²) < 4.78 is 5.01. The highest BCUT2D eigenvalue weighted by atomic mass is 16.5. The van der Waals surface area contributed by atoms with Gasteiger partial charge in [-0.15, -0.1) is 0 Å². The second kappa shape index (κ2) is 7.25. The van der Waals surface area contributed by atoms with Crippen LogP contribution in [0.5, 0.6) is 0 Å². The molecule has 16 heavy (non-hydrogen) atoms. The third-order valence-corrected chi connectivity index (χ3v) is 3.52. The van der Waals surface area contributed by atoms with Crippen molar-refractivity contribution in [2.45, 2.75) is 33.1 Å². The second-order valence-electron chi connectivity index (χ2n) is 5.60. The van der Waals surface area contributed by atoms with Gasteiger partial charge in [0.05, 0.1) is 0 Å². The van der Waals surface area contributed by atoms with Gasteiger partial charge in [0.15, 0.2) is 0 Å². The van der Waals surface area contributed by atoms with Crippen molar-refractivity contribution in [2.24, 2.45) is 5.41 Å². The molecule has 0 aromatic heterocycles. The van der Waals surface area contributed by atoms with Gasteiger partial charge in [-0.25, -0.2) is 0 Å². The second-order valence-corrected chi connectivity index (χ2v) is 5.60. The molecule has 0 unspecified atom stereocenters. The van der Waals surface area contributed by atoms with Crippen LogP contribution in [0.2, 0.25) is 0 Å². The van der Waals surface area contributed by atoms with Gasteiger partial charge < -0.3 is 15.0 Å². The molecule has 0 aliphatic carbocycles. The van der Waals surface area contributed by atoms with Crippen molar-refractivity contribution in [3.05, 3.63) is 0 Å². The van der Waals surface area contributed by atoms with Crippen molar-refractivity contribution >= 4 is 0 Å². The minimum atomic E-state index is 0.572. The first kappa shape index (κ1) is 13.9. The fourth-order valence-corrected chi connectivity index (χ4v) is 2.09. The number of rotatable bonds is 7. The highest BCUT2D eigenvalue weighted by molar-refractivity contribution is 4.78. The fraction of sp³-hybridized carbons (Fsp3) is 1.00. The highest BCUT2D eigenvalue weighted by Crippen LogP contribution is 2.29. The molecule has 0 spiro atoms. The quantitative estimate of drug-likeness (QED) is 0.672. The number of methoxy groups -OCH3 is 1. The number of hydrogen-bond acceptors (Lipinski definition) is 3. The first-order valence-electron chi connectivity index (χ1n) is 6.56. The molecule has 96 valence electrons. The molecule has 1 heterocycles. The highest BCUT2D eigenvalue weighted by Gasteiger charge is 2.24. The third-order valence-electron chi connectivity index (χ3n) is 3.52. The average molecular weight is 228 g/mol. The zero-order chi connectivity index (χ0) is 11.9. The Hall–Kier alpha value is -0.120. The van der Waals surface area contributed by atoms with E-state index in [1.807, 2.05) is 0 Å². The van der Waals surface area contributed by atoms with Crippen molar-refractivity contribution in [3.8, 4) is 0 Å². The Kier molecular flexibility index (Phi) is 6.32. The average Bonchev–Trinajstić information content (AvgIpc) is 2.25. The molecule has 1 rings (SSSR count). The number of piperidine rings is 1. The summed E-state index contributed by atoms with van der Waals surface area (Å²) in [5.74, 6) is 0. The zero-order valence-corrected chi connectivity index (χ0v) is 11.2. The minimum Gasteiger partial charge on any atom is -0.385 e. The monoisotopic (exact) mass is 228 g/mol. The molecule has 0 atom stereocenters. The molecule has 1 aliphatic heterocycles. The van der Waals surface area contributed by atoms with Crippen LogP contribution in [-0.2, 0) is 4.74 Å². The topological polar surface area (TPSA) is 24.5 Å². The number of nitrogens with one attached hydrogen (secondary N) is 1. The summed E-state index contributed by atoms with van der Waals surface area (Å²) >= 11 is 0. The summed E-state index contributed by atoms with van der Waals surface area (Å²) in [4.78, 5) is 2.58. The molecule has 0 saturated carbocycles. The minimum absolute atomic E-state index is 0.572. The van der Waals surface area contributed by atoms with Crippen molar-refractivity contribution in [3.63, 3.8) is 0 Å². The maximum absolute atomic E-state index is 5.01. The normalized spacial score (nSPS) is 21.2. The van der Waals surface area contributed by atoms with Crippen LogP contribution in [0, 0.1) is 5.41 Å². The van der Waals surface area contributed by atoms with Crippen molar-refractivity contribution in [1.82, 2.24) is 10.2 Å². The van der Waals surface area contributed by atoms with E-state index < -0.39 is 0 Å². The summed E-state index contributed by atoms with van der Waals surface area (Å²) in [6, 6.07) is 0. The SMILES string of the molecule is COCCCNCCN1CCC(C)(C)CC1. The van der Waals surface area contributed by atoms with Crippen LogP contribution in [0.15, 0.2) is 0 Å². The van der Waals surface area contributed by atoms with E-state index in [2.05, 4.69) is 24.1 Å².